The van der Waals surface area contributed by atoms with Crippen molar-refractivity contribution < 1.29 is 47.8 Å². The largest absolute Gasteiger partial charge is 0.480 e. The molecule has 0 rings (SSSR count). The first-order valence-corrected chi connectivity index (χ1v) is 25.2. The Kier molecular flexibility index (Phi) is 41.3. The van der Waals surface area contributed by atoms with E-state index in [0.717, 1.165) is 83.5 Å². The Morgan fingerprint density at radius 1 is 0.533 bits per heavy atom. The maximum absolute atomic E-state index is 12.3. The lowest BCUT2D eigenvalue weighted by Crippen LogP contribution is -2.43. The van der Waals surface area contributed by atoms with Crippen molar-refractivity contribution in [1.82, 2.24) is 5.32 Å². The van der Waals surface area contributed by atoms with E-state index in [2.05, 4.69) is 67.8 Å². The van der Waals surface area contributed by atoms with Crippen molar-refractivity contribution in [3.05, 3.63) is 48.6 Å². The quantitative estimate of drug-likeness (QED) is 0.0200. The summed E-state index contributed by atoms with van der Waals surface area (Å²) < 4.78 is 26.9. The molecule has 0 saturated heterocycles. The van der Waals surface area contributed by atoms with Crippen LogP contribution < -0.4 is 5.32 Å². The molecule has 3 unspecified atom stereocenters. The van der Waals surface area contributed by atoms with Gasteiger partial charge in [0.1, 0.15) is 12.7 Å². The minimum absolute atomic E-state index is 0.135. The molecular weight excluding hydrogens is 781 g/mol. The molecule has 0 aliphatic carbocycles. The van der Waals surface area contributed by atoms with E-state index in [-0.39, 0.29) is 12.8 Å². The maximum atomic E-state index is 12.3. The fourth-order valence-electron chi connectivity index (χ4n) is 6.38. The van der Waals surface area contributed by atoms with Crippen molar-refractivity contribution in [1.29, 1.82) is 0 Å². The first-order chi connectivity index (χ1) is 29.1. The van der Waals surface area contributed by atoms with Crippen molar-refractivity contribution in [2.75, 3.05) is 19.8 Å². The number of carboxylic acid groups (broad SMARTS) is 1. The second-order valence-corrected chi connectivity index (χ2v) is 17.4. The number of aliphatic carboxylic acids is 1. The zero-order valence-corrected chi connectivity index (χ0v) is 38.6. The number of aliphatic hydroxyl groups excluding tert-OH is 1. The number of unbranched alkanes of at least 4 members (excludes halogenated alkanes) is 22. The Bertz CT molecular complexity index is 1200. The van der Waals surface area contributed by atoms with Gasteiger partial charge in [0.2, 0.25) is 5.91 Å². The molecule has 60 heavy (non-hydrogen) atoms. The van der Waals surface area contributed by atoms with Gasteiger partial charge in [-0.3, -0.25) is 18.6 Å². The van der Waals surface area contributed by atoms with Crippen LogP contribution in [-0.2, 0) is 32.7 Å². The molecular formula is C48H86NO10P. The van der Waals surface area contributed by atoms with Crippen LogP contribution in [0, 0.1) is 0 Å². The van der Waals surface area contributed by atoms with Gasteiger partial charge in [-0.05, 0) is 77.0 Å². The van der Waals surface area contributed by atoms with Crippen LogP contribution in [0.15, 0.2) is 48.6 Å². The fourth-order valence-corrected chi connectivity index (χ4v) is 7.15. The molecule has 0 aliphatic rings. The number of phosphoric ester groups is 1. The minimum Gasteiger partial charge on any atom is -0.480 e. The fraction of sp³-hybridized carbons (Fsp3) is 0.771. The summed E-state index contributed by atoms with van der Waals surface area (Å²) in [6.07, 6.45) is 48.4. The van der Waals surface area contributed by atoms with Gasteiger partial charge in [-0.1, -0.05) is 165 Å². The van der Waals surface area contributed by atoms with Gasteiger partial charge in [0.15, 0.2) is 6.04 Å². The Hall–Kier alpha value is -2.56. The van der Waals surface area contributed by atoms with E-state index in [1.807, 2.05) is 0 Å². The summed E-state index contributed by atoms with van der Waals surface area (Å²) in [6.45, 7) is 2.56. The van der Waals surface area contributed by atoms with Gasteiger partial charge in [0.25, 0.3) is 0 Å². The van der Waals surface area contributed by atoms with Crippen LogP contribution in [0.3, 0.4) is 0 Å². The second kappa shape index (κ2) is 43.1. The number of nitrogens with one attached hydrogen (secondary N) is 1. The number of aliphatic hydroxyl groups is 1. The standard InChI is InChI=1S/C48H86NO10P/c1-3-5-7-9-11-13-15-17-19-20-21-22-23-24-26-27-29-31-33-35-37-39-46(51)49-45(48(53)54)43-59-60(55,56)58-42-44(50)41-57-47(52)40-38-36-34-32-30-28-25-18-16-14-12-10-8-6-4-2/h11,13,17-19,21-22,25,44-45,50H,3-10,12,14-16,20,23-24,26-43H2,1-2H3,(H,49,51)(H,53,54)(H,55,56)/b13-11-,19-17-,22-21-,25-18-. The lowest BCUT2D eigenvalue weighted by atomic mass is 10.1. The zero-order valence-electron chi connectivity index (χ0n) is 37.8. The number of carboxylic acids is 1. The van der Waals surface area contributed by atoms with Crippen molar-refractivity contribution >= 4 is 25.7 Å². The van der Waals surface area contributed by atoms with Crippen molar-refractivity contribution in [3.63, 3.8) is 0 Å². The van der Waals surface area contributed by atoms with Gasteiger partial charge in [-0.15, -0.1) is 0 Å². The van der Waals surface area contributed by atoms with E-state index < -0.39 is 57.6 Å². The van der Waals surface area contributed by atoms with Crippen LogP contribution in [0.5, 0.6) is 0 Å². The molecule has 348 valence electrons. The molecule has 3 atom stereocenters. The highest BCUT2D eigenvalue weighted by Crippen LogP contribution is 2.43. The summed E-state index contributed by atoms with van der Waals surface area (Å²) >= 11 is 0. The van der Waals surface area contributed by atoms with Gasteiger partial charge in [0.05, 0.1) is 13.2 Å². The molecule has 0 fully saturated rings. The number of phosphoric acid groups is 1. The number of ether oxygens (including phenoxy) is 1. The smallest absolute Gasteiger partial charge is 0.472 e. The Morgan fingerprint density at radius 2 is 0.917 bits per heavy atom. The summed E-state index contributed by atoms with van der Waals surface area (Å²) in [7, 11) is -4.76. The molecule has 0 aromatic heterocycles. The summed E-state index contributed by atoms with van der Waals surface area (Å²) in [6, 6.07) is -1.55. The highest BCUT2D eigenvalue weighted by atomic mass is 31.2. The van der Waals surface area contributed by atoms with Gasteiger partial charge in [-0.2, -0.15) is 0 Å². The summed E-state index contributed by atoms with van der Waals surface area (Å²) in [4.78, 5) is 46.0. The molecule has 4 N–H and O–H groups in total. The number of allylic oxidation sites excluding steroid dienone is 8. The lowest BCUT2D eigenvalue weighted by Gasteiger charge is -2.18. The lowest BCUT2D eigenvalue weighted by molar-refractivity contribution is -0.147. The molecule has 0 saturated carbocycles. The van der Waals surface area contributed by atoms with Gasteiger partial charge in [0, 0.05) is 12.8 Å². The molecule has 12 heteroatoms. The van der Waals surface area contributed by atoms with Gasteiger partial charge >= 0.3 is 19.8 Å². The van der Waals surface area contributed by atoms with Gasteiger partial charge in [-0.25, -0.2) is 9.36 Å². The summed E-state index contributed by atoms with van der Waals surface area (Å²) in [5.41, 5.74) is 0. The molecule has 1 amide bonds. The van der Waals surface area contributed by atoms with Crippen LogP contribution in [-0.4, -0.2) is 64.9 Å². The predicted octanol–water partition coefficient (Wildman–Crippen LogP) is 12.6. The molecule has 0 heterocycles. The van der Waals surface area contributed by atoms with Crippen LogP contribution in [0.25, 0.3) is 0 Å². The Labute approximate surface area is 364 Å². The Balaban J connectivity index is 3.90. The highest BCUT2D eigenvalue weighted by Gasteiger charge is 2.28. The predicted molar refractivity (Wildman–Crippen MR) is 245 cm³/mol. The minimum atomic E-state index is -4.76. The Morgan fingerprint density at radius 3 is 1.42 bits per heavy atom. The van der Waals surface area contributed by atoms with Crippen molar-refractivity contribution in [2.24, 2.45) is 0 Å². The van der Waals surface area contributed by atoms with E-state index in [9.17, 15) is 34.1 Å². The van der Waals surface area contributed by atoms with E-state index in [0.29, 0.717) is 12.8 Å². The first kappa shape index (κ1) is 57.4. The number of amides is 1. The van der Waals surface area contributed by atoms with Crippen LogP contribution >= 0.6 is 7.82 Å². The van der Waals surface area contributed by atoms with Crippen LogP contribution in [0.2, 0.25) is 0 Å². The average Bonchev–Trinajstić information content (AvgIpc) is 3.22. The number of carbonyl (C=O) groups is 3. The third-order valence-corrected chi connectivity index (χ3v) is 11.0. The highest BCUT2D eigenvalue weighted by molar-refractivity contribution is 7.47. The second-order valence-electron chi connectivity index (χ2n) is 15.9. The molecule has 0 spiro atoms. The maximum Gasteiger partial charge on any atom is 0.472 e. The number of rotatable bonds is 44. The van der Waals surface area contributed by atoms with Crippen molar-refractivity contribution in [3.8, 4) is 0 Å². The van der Waals surface area contributed by atoms with Crippen LogP contribution in [0.4, 0.5) is 0 Å². The molecule has 0 aromatic carbocycles. The average molecular weight is 868 g/mol. The molecule has 0 aliphatic heterocycles. The summed E-state index contributed by atoms with van der Waals surface area (Å²) in [5, 5.41) is 21.9. The topological polar surface area (TPSA) is 169 Å². The first-order valence-electron chi connectivity index (χ1n) is 23.7. The van der Waals surface area contributed by atoms with Crippen molar-refractivity contribution in [2.45, 2.75) is 219 Å². The van der Waals surface area contributed by atoms with E-state index >= 15 is 0 Å². The molecule has 0 bridgehead atoms. The SMILES string of the molecule is CCCCC/C=C\C/C=C\C/C=C\CCCCCCCCCCC(=O)NC(COP(=O)(O)OCC(O)COC(=O)CCCCCCC/C=C\CCCCCCCC)C(=O)O. The number of carbonyl (C=O) groups excluding carboxylic acids is 2. The summed E-state index contributed by atoms with van der Waals surface area (Å²) in [5.74, 6) is -2.39. The molecule has 0 aromatic rings. The number of hydrogen-bond acceptors (Lipinski definition) is 8. The normalized spacial score (nSPS) is 14.1. The van der Waals surface area contributed by atoms with E-state index in [4.69, 9.17) is 13.8 Å². The number of esters is 1. The van der Waals surface area contributed by atoms with E-state index in [1.54, 1.807) is 0 Å². The third kappa shape index (κ3) is 42.1. The number of hydrogen-bond donors (Lipinski definition) is 4. The van der Waals surface area contributed by atoms with E-state index in [1.165, 1.54) is 83.5 Å². The molecule has 0 radical (unpaired) electrons. The monoisotopic (exact) mass is 868 g/mol. The van der Waals surface area contributed by atoms with Gasteiger partial charge < -0.3 is 25.2 Å². The molecule has 11 nitrogen and oxygen atoms in total. The third-order valence-electron chi connectivity index (χ3n) is 10.1. The zero-order chi connectivity index (χ0) is 44.2. The van der Waals surface area contributed by atoms with Crippen LogP contribution in [0.1, 0.15) is 206 Å².